The minimum atomic E-state index is -0.242. The van der Waals surface area contributed by atoms with E-state index < -0.39 is 0 Å². The average Bonchev–Trinajstić information content (AvgIpc) is 2.68. The quantitative estimate of drug-likeness (QED) is 0.844. The number of piperazine rings is 1. The van der Waals surface area contributed by atoms with E-state index in [0.717, 1.165) is 30.3 Å². The molecule has 1 amide bonds. The number of amides is 1. The maximum absolute atomic E-state index is 11.9. The molecule has 28 heavy (non-hydrogen) atoms. The van der Waals surface area contributed by atoms with Crippen LogP contribution < -0.4 is 10.2 Å². The zero-order chi connectivity index (χ0) is 20.1. The Labute approximate surface area is 166 Å². The molecule has 7 heteroatoms. The third kappa shape index (κ3) is 4.91. The zero-order valence-electron chi connectivity index (χ0n) is 17.1. The van der Waals surface area contributed by atoms with E-state index in [0.29, 0.717) is 31.6 Å². The van der Waals surface area contributed by atoms with Gasteiger partial charge in [0.15, 0.2) is 0 Å². The molecule has 2 aromatic rings. The Balaban J connectivity index is 1.67. The average molecular weight is 383 g/mol. The Kier molecular flexibility index (Phi) is 6.34. The maximum atomic E-state index is 11.9. The second-order valence-corrected chi connectivity index (χ2v) is 7.27. The monoisotopic (exact) mass is 383 g/mol. The summed E-state index contributed by atoms with van der Waals surface area (Å²) in [5.41, 5.74) is 3.17. The summed E-state index contributed by atoms with van der Waals surface area (Å²) in [4.78, 5) is 25.0. The Bertz CT molecular complexity index is 799. The van der Waals surface area contributed by atoms with Crippen molar-refractivity contribution in [2.24, 2.45) is 0 Å². The second kappa shape index (κ2) is 8.91. The van der Waals surface area contributed by atoms with Gasteiger partial charge in [-0.15, -0.1) is 0 Å². The molecular formula is C21H29N5O2. The fourth-order valence-electron chi connectivity index (χ4n) is 3.18. The van der Waals surface area contributed by atoms with Gasteiger partial charge in [0.05, 0.1) is 6.61 Å². The van der Waals surface area contributed by atoms with Crippen LogP contribution in [0.3, 0.4) is 0 Å². The largest absolute Gasteiger partial charge is 0.450 e. The highest BCUT2D eigenvalue weighted by atomic mass is 16.6. The lowest BCUT2D eigenvalue weighted by Gasteiger charge is -2.34. The molecule has 1 aromatic carbocycles. The van der Waals surface area contributed by atoms with E-state index in [1.807, 2.05) is 19.9 Å². The number of hydrogen-bond acceptors (Lipinski definition) is 6. The molecule has 0 spiro atoms. The van der Waals surface area contributed by atoms with Gasteiger partial charge in [-0.05, 0) is 37.5 Å². The molecular weight excluding hydrogens is 354 g/mol. The van der Waals surface area contributed by atoms with Gasteiger partial charge in [-0.2, -0.15) is 4.98 Å². The molecule has 1 N–H and O–H groups in total. The van der Waals surface area contributed by atoms with Crippen LogP contribution in [0.4, 0.5) is 22.2 Å². The van der Waals surface area contributed by atoms with Crippen molar-refractivity contribution in [3.8, 4) is 0 Å². The summed E-state index contributed by atoms with van der Waals surface area (Å²) in [5, 5.41) is 3.30. The molecule has 3 rings (SSSR count). The van der Waals surface area contributed by atoms with Crippen molar-refractivity contribution in [3.63, 3.8) is 0 Å². The predicted molar refractivity (Wildman–Crippen MR) is 111 cm³/mol. The highest BCUT2D eigenvalue weighted by molar-refractivity contribution is 5.68. The fraction of sp³-hybridized carbons (Fsp3) is 0.476. The molecule has 7 nitrogen and oxygen atoms in total. The number of hydrogen-bond donors (Lipinski definition) is 1. The van der Waals surface area contributed by atoms with Gasteiger partial charge in [0.2, 0.25) is 5.95 Å². The lowest BCUT2D eigenvalue weighted by atomic mass is 10.0. The van der Waals surface area contributed by atoms with Crippen LogP contribution in [0.25, 0.3) is 0 Å². The van der Waals surface area contributed by atoms with E-state index in [2.05, 4.69) is 58.3 Å². The molecule has 1 fully saturated rings. The summed E-state index contributed by atoms with van der Waals surface area (Å²) in [6.07, 6.45) is -0.242. The molecule has 0 unspecified atom stereocenters. The second-order valence-electron chi connectivity index (χ2n) is 7.27. The van der Waals surface area contributed by atoms with E-state index in [9.17, 15) is 4.79 Å². The molecule has 1 saturated heterocycles. The molecule has 1 aromatic heterocycles. The van der Waals surface area contributed by atoms with Crippen LogP contribution >= 0.6 is 0 Å². The lowest BCUT2D eigenvalue weighted by Crippen LogP contribution is -2.49. The van der Waals surface area contributed by atoms with Gasteiger partial charge in [-0.3, -0.25) is 0 Å². The van der Waals surface area contributed by atoms with E-state index in [1.54, 1.807) is 4.90 Å². The summed E-state index contributed by atoms with van der Waals surface area (Å²) >= 11 is 0. The van der Waals surface area contributed by atoms with Crippen LogP contribution in [0, 0.1) is 6.92 Å². The Morgan fingerprint density at radius 1 is 1.14 bits per heavy atom. The van der Waals surface area contributed by atoms with Crippen LogP contribution in [-0.2, 0) is 4.74 Å². The molecule has 0 bridgehead atoms. The minimum Gasteiger partial charge on any atom is -0.450 e. The number of carbonyl (C=O) groups excluding carboxylic acids is 1. The Morgan fingerprint density at radius 2 is 1.82 bits per heavy atom. The van der Waals surface area contributed by atoms with Crippen LogP contribution in [0.15, 0.2) is 30.3 Å². The van der Waals surface area contributed by atoms with Crippen LogP contribution in [0.5, 0.6) is 0 Å². The summed E-state index contributed by atoms with van der Waals surface area (Å²) in [6.45, 7) is 11.2. The van der Waals surface area contributed by atoms with Crippen LogP contribution in [-0.4, -0.2) is 53.7 Å². The smallest absolute Gasteiger partial charge is 0.409 e. The molecule has 0 radical (unpaired) electrons. The van der Waals surface area contributed by atoms with Crippen molar-refractivity contribution in [1.82, 2.24) is 14.9 Å². The van der Waals surface area contributed by atoms with Gasteiger partial charge >= 0.3 is 6.09 Å². The first-order chi connectivity index (χ1) is 13.5. The van der Waals surface area contributed by atoms with E-state index in [-0.39, 0.29) is 6.09 Å². The molecule has 0 atom stereocenters. The number of rotatable bonds is 5. The van der Waals surface area contributed by atoms with Gasteiger partial charge in [0.1, 0.15) is 5.82 Å². The third-order valence-electron chi connectivity index (χ3n) is 4.80. The molecule has 2 heterocycles. The van der Waals surface area contributed by atoms with E-state index in [1.165, 1.54) is 5.56 Å². The predicted octanol–water partition coefficient (Wildman–Crippen LogP) is 3.93. The third-order valence-corrected chi connectivity index (χ3v) is 4.80. The van der Waals surface area contributed by atoms with Crippen molar-refractivity contribution >= 4 is 23.5 Å². The van der Waals surface area contributed by atoms with Gasteiger partial charge < -0.3 is 19.9 Å². The number of benzene rings is 1. The summed E-state index contributed by atoms with van der Waals surface area (Å²) < 4.78 is 5.08. The Morgan fingerprint density at radius 3 is 2.43 bits per heavy atom. The summed E-state index contributed by atoms with van der Waals surface area (Å²) in [6, 6.07) is 10.3. The normalized spacial score (nSPS) is 14.3. The Hall–Kier alpha value is -2.83. The summed E-state index contributed by atoms with van der Waals surface area (Å²) in [5.74, 6) is 1.96. The highest BCUT2D eigenvalue weighted by Gasteiger charge is 2.23. The first kappa shape index (κ1) is 19.9. The first-order valence-corrected chi connectivity index (χ1v) is 9.85. The first-order valence-electron chi connectivity index (χ1n) is 9.85. The van der Waals surface area contributed by atoms with Crippen molar-refractivity contribution in [1.29, 1.82) is 0 Å². The number of anilines is 3. The van der Waals surface area contributed by atoms with Crippen molar-refractivity contribution < 1.29 is 9.53 Å². The van der Waals surface area contributed by atoms with Crippen molar-refractivity contribution in [2.45, 2.75) is 33.6 Å². The standard InChI is InChI=1S/C21H29N5O2/c1-5-28-21(27)26-12-10-25(11-13-26)19-14-16(4)22-20(24-19)23-18-8-6-17(7-9-18)15(2)3/h6-9,14-15H,5,10-13H2,1-4H3,(H,22,23,24). The zero-order valence-corrected chi connectivity index (χ0v) is 17.1. The number of nitrogens with one attached hydrogen (secondary N) is 1. The number of aryl methyl sites for hydroxylation is 1. The molecule has 0 saturated carbocycles. The van der Waals surface area contributed by atoms with Crippen LogP contribution in [0.2, 0.25) is 0 Å². The number of ether oxygens (including phenoxy) is 1. The topological polar surface area (TPSA) is 70.6 Å². The number of aromatic nitrogens is 2. The molecule has 150 valence electrons. The number of nitrogens with zero attached hydrogens (tertiary/aromatic N) is 4. The number of carbonyl (C=O) groups is 1. The highest BCUT2D eigenvalue weighted by Crippen LogP contribution is 2.22. The molecule has 1 aliphatic rings. The maximum Gasteiger partial charge on any atom is 0.409 e. The molecule has 0 aliphatic carbocycles. The van der Waals surface area contributed by atoms with Crippen molar-refractivity contribution in [2.75, 3.05) is 43.0 Å². The SMILES string of the molecule is CCOC(=O)N1CCN(c2cc(C)nc(Nc3ccc(C(C)C)cc3)n2)CC1. The van der Waals surface area contributed by atoms with Gasteiger partial charge in [-0.25, -0.2) is 9.78 Å². The van der Waals surface area contributed by atoms with Crippen molar-refractivity contribution in [3.05, 3.63) is 41.6 Å². The van der Waals surface area contributed by atoms with E-state index >= 15 is 0 Å². The lowest BCUT2D eigenvalue weighted by molar-refractivity contribution is 0.105. The van der Waals surface area contributed by atoms with Gasteiger partial charge in [0, 0.05) is 43.6 Å². The van der Waals surface area contributed by atoms with E-state index in [4.69, 9.17) is 4.74 Å². The van der Waals surface area contributed by atoms with Crippen LogP contribution in [0.1, 0.15) is 37.9 Å². The van der Waals surface area contributed by atoms with Gasteiger partial charge in [-0.1, -0.05) is 26.0 Å². The van der Waals surface area contributed by atoms with Gasteiger partial charge in [0.25, 0.3) is 0 Å². The minimum absolute atomic E-state index is 0.242. The molecule has 1 aliphatic heterocycles. The summed E-state index contributed by atoms with van der Waals surface area (Å²) in [7, 11) is 0. The fourth-order valence-corrected chi connectivity index (χ4v) is 3.18.